The fourth-order valence-corrected chi connectivity index (χ4v) is 1.61. The molecule has 0 heterocycles. The van der Waals surface area contributed by atoms with Crippen LogP contribution < -0.4 is 5.32 Å². The molecule has 104 valence electrons. The van der Waals surface area contributed by atoms with Crippen LogP contribution in [0.5, 0.6) is 0 Å². The van der Waals surface area contributed by atoms with E-state index in [4.69, 9.17) is 0 Å². The van der Waals surface area contributed by atoms with Gasteiger partial charge in [-0.05, 0) is 26.0 Å². The molecule has 0 atom stereocenters. The molecule has 0 aromatic heterocycles. The number of benzene rings is 1. The molecule has 0 bridgehead atoms. The van der Waals surface area contributed by atoms with Crippen molar-refractivity contribution in [2.24, 2.45) is 0 Å². The number of nitrogens with one attached hydrogen (secondary N) is 1. The molecule has 1 aromatic carbocycles. The van der Waals surface area contributed by atoms with Crippen LogP contribution in [0.25, 0.3) is 0 Å². The number of likely N-dealkylation sites (N-methyl/N-ethyl adjacent to an activating group) is 2. The van der Waals surface area contributed by atoms with Crippen LogP contribution in [0.3, 0.4) is 0 Å². The van der Waals surface area contributed by atoms with Crippen molar-refractivity contribution in [1.82, 2.24) is 10.2 Å². The van der Waals surface area contributed by atoms with Crippen molar-refractivity contribution in [1.29, 1.82) is 0 Å². The van der Waals surface area contributed by atoms with E-state index in [9.17, 15) is 18.4 Å². The van der Waals surface area contributed by atoms with Crippen LogP contribution >= 0.6 is 0 Å². The fraction of sp³-hybridized carbons (Fsp3) is 0.385. The third-order valence-electron chi connectivity index (χ3n) is 2.55. The summed E-state index contributed by atoms with van der Waals surface area (Å²) in [5, 5.41) is 2.53. The molecule has 0 aliphatic rings. The van der Waals surface area contributed by atoms with Crippen molar-refractivity contribution in [3.8, 4) is 0 Å². The van der Waals surface area contributed by atoms with Crippen molar-refractivity contribution < 1.29 is 18.4 Å². The second-order valence-corrected chi connectivity index (χ2v) is 3.87. The van der Waals surface area contributed by atoms with Crippen LogP contribution in [0.1, 0.15) is 24.2 Å². The molecule has 2 amide bonds. The van der Waals surface area contributed by atoms with E-state index < -0.39 is 23.1 Å². The average Bonchev–Trinajstić information content (AvgIpc) is 2.35. The van der Waals surface area contributed by atoms with E-state index >= 15 is 0 Å². The van der Waals surface area contributed by atoms with Gasteiger partial charge in [0.1, 0.15) is 17.2 Å². The van der Waals surface area contributed by atoms with Gasteiger partial charge >= 0.3 is 0 Å². The van der Waals surface area contributed by atoms with E-state index in [-0.39, 0.29) is 19.0 Å². The molecule has 0 fully saturated rings. The Labute approximate surface area is 110 Å². The van der Waals surface area contributed by atoms with E-state index in [1.165, 1.54) is 6.07 Å². The smallest absolute Gasteiger partial charge is 0.260 e. The van der Waals surface area contributed by atoms with Gasteiger partial charge in [-0.15, -0.1) is 0 Å². The minimum absolute atomic E-state index is 0.184. The summed E-state index contributed by atoms with van der Waals surface area (Å²) in [6.45, 7) is 3.77. The molecule has 4 nitrogen and oxygen atoms in total. The zero-order valence-corrected chi connectivity index (χ0v) is 10.9. The predicted molar refractivity (Wildman–Crippen MR) is 66.6 cm³/mol. The summed E-state index contributed by atoms with van der Waals surface area (Å²) in [5.41, 5.74) is -0.631. The lowest BCUT2D eigenvalue weighted by Gasteiger charge is -2.20. The number of rotatable bonds is 5. The maximum absolute atomic E-state index is 13.5. The summed E-state index contributed by atoms with van der Waals surface area (Å²) in [4.78, 5) is 24.5. The molecule has 1 N–H and O–H groups in total. The van der Waals surface area contributed by atoms with Gasteiger partial charge in [0.05, 0.1) is 6.54 Å². The second kappa shape index (κ2) is 6.82. The van der Waals surface area contributed by atoms with E-state index in [1.54, 1.807) is 13.8 Å². The number of hydrogen-bond donors (Lipinski definition) is 1. The fourth-order valence-electron chi connectivity index (χ4n) is 1.61. The molecule has 0 unspecified atom stereocenters. The van der Waals surface area contributed by atoms with E-state index in [2.05, 4.69) is 5.32 Å². The van der Waals surface area contributed by atoms with Gasteiger partial charge in [0.2, 0.25) is 5.91 Å². The third-order valence-corrected chi connectivity index (χ3v) is 2.55. The molecule has 1 aromatic rings. The number of amides is 2. The topological polar surface area (TPSA) is 49.4 Å². The van der Waals surface area contributed by atoms with Crippen LogP contribution in [0.15, 0.2) is 18.2 Å². The summed E-state index contributed by atoms with van der Waals surface area (Å²) < 4.78 is 27.0. The summed E-state index contributed by atoms with van der Waals surface area (Å²) in [6.07, 6.45) is 0. The Hall–Kier alpha value is -1.98. The lowest BCUT2D eigenvalue weighted by Crippen LogP contribution is -2.41. The lowest BCUT2D eigenvalue weighted by molar-refractivity contribution is -0.121. The van der Waals surface area contributed by atoms with Crippen molar-refractivity contribution in [2.75, 3.05) is 19.6 Å². The first kappa shape index (κ1) is 15.1. The summed E-state index contributed by atoms with van der Waals surface area (Å²) in [7, 11) is 0. The maximum atomic E-state index is 13.5. The largest absolute Gasteiger partial charge is 0.355 e. The van der Waals surface area contributed by atoms with Gasteiger partial charge in [0.15, 0.2) is 0 Å². The molecule has 1 rings (SSSR count). The van der Waals surface area contributed by atoms with Crippen molar-refractivity contribution in [3.05, 3.63) is 35.4 Å². The summed E-state index contributed by atoms with van der Waals surface area (Å²) in [5.74, 6) is -3.06. The Kier molecular flexibility index (Phi) is 5.41. The molecule has 0 radical (unpaired) electrons. The van der Waals surface area contributed by atoms with Gasteiger partial charge < -0.3 is 10.2 Å². The third kappa shape index (κ3) is 3.74. The molecule has 0 saturated heterocycles. The van der Waals surface area contributed by atoms with E-state index in [1.807, 2.05) is 0 Å². The summed E-state index contributed by atoms with van der Waals surface area (Å²) in [6, 6.07) is 3.20. The highest BCUT2D eigenvalue weighted by Gasteiger charge is 2.23. The molecule has 0 aliphatic carbocycles. The summed E-state index contributed by atoms with van der Waals surface area (Å²) >= 11 is 0. The van der Waals surface area contributed by atoms with E-state index in [0.717, 1.165) is 17.0 Å². The van der Waals surface area contributed by atoms with Crippen LogP contribution in [0.2, 0.25) is 0 Å². The second-order valence-electron chi connectivity index (χ2n) is 3.87. The quantitative estimate of drug-likeness (QED) is 0.882. The average molecular weight is 270 g/mol. The molecule has 19 heavy (non-hydrogen) atoms. The van der Waals surface area contributed by atoms with Crippen LogP contribution in [0, 0.1) is 11.6 Å². The Bertz CT molecular complexity index is 457. The van der Waals surface area contributed by atoms with Gasteiger partial charge in [0, 0.05) is 13.1 Å². The minimum Gasteiger partial charge on any atom is -0.355 e. The van der Waals surface area contributed by atoms with Gasteiger partial charge in [-0.25, -0.2) is 8.78 Å². The molecule has 0 spiro atoms. The zero-order chi connectivity index (χ0) is 14.4. The predicted octanol–water partition coefficient (Wildman–Crippen LogP) is 1.56. The standard InChI is InChI=1S/C13H16F2N2O2/c1-3-16-11(18)8-17(4-2)13(19)12-9(14)6-5-7-10(12)15/h5-7H,3-4,8H2,1-2H3,(H,16,18). The van der Waals surface area contributed by atoms with Gasteiger partial charge in [0.25, 0.3) is 5.91 Å². The molecule has 6 heteroatoms. The number of halogens is 2. The van der Waals surface area contributed by atoms with Gasteiger partial charge in [-0.1, -0.05) is 6.07 Å². The number of carbonyl (C=O) groups is 2. The number of carbonyl (C=O) groups excluding carboxylic acids is 2. The Morgan fingerprint density at radius 2 is 1.79 bits per heavy atom. The van der Waals surface area contributed by atoms with Crippen molar-refractivity contribution in [2.45, 2.75) is 13.8 Å². The zero-order valence-electron chi connectivity index (χ0n) is 10.9. The molecular formula is C13H16F2N2O2. The Morgan fingerprint density at radius 1 is 1.21 bits per heavy atom. The first-order valence-electron chi connectivity index (χ1n) is 6.01. The number of hydrogen-bond acceptors (Lipinski definition) is 2. The highest BCUT2D eigenvalue weighted by atomic mass is 19.1. The molecular weight excluding hydrogens is 254 g/mol. The van der Waals surface area contributed by atoms with Gasteiger partial charge in [-0.2, -0.15) is 0 Å². The lowest BCUT2D eigenvalue weighted by atomic mass is 10.1. The van der Waals surface area contributed by atoms with Crippen LogP contribution in [-0.2, 0) is 4.79 Å². The highest BCUT2D eigenvalue weighted by Crippen LogP contribution is 2.14. The highest BCUT2D eigenvalue weighted by molar-refractivity contribution is 5.97. The monoisotopic (exact) mass is 270 g/mol. The van der Waals surface area contributed by atoms with Crippen LogP contribution in [0.4, 0.5) is 8.78 Å². The minimum atomic E-state index is -0.931. The van der Waals surface area contributed by atoms with Crippen molar-refractivity contribution in [3.63, 3.8) is 0 Å². The van der Waals surface area contributed by atoms with Crippen LogP contribution in [-0.4, -0.2) is 36.3 Å². The normalized spacial score (nSPS) is 10.1. The van der Waals surface area contributed by atoms with E-state index in [0.29, 0.717) is 6.54 Å². The Balaban J connectivity index is 2.93. The number of nitrogens with zero attached hydrogens (tertiary/aromatic N) is 1. The SMILES string of the molecule is CCNC(=O)CN(CC)C(=O)c1c(F)cccc1F. The first-order valence-corrected chi connectivity index (χ1v) is 6.01. The van der Waals surface area contributed by atoms with Gasteiger partial charge in [-0.3, -0.25) is 9.59 Å². The first-order chi connectivity index (χ1) is 9.01. The maximum Gasteiger partial charge on any atom is 0.260 e. The van der Waals surface area contributed by atoms with Crippen molar-refractivity contribution >= 4 is 11.8 Å². The Morgan fingerprint density at radius 3 is 2.26 bits per heavy atom. The molecule has 0 saturated carbocycles. The molecule has 0 aliphatic heterocycles.